The van der Waals surface area contributed by atoms with E-state index in [4.69, 9.17) is 10.1 Å². The molecular formula is C8H8BO4. The van der Waals surface area contributed by atoms with Gasteiger partial charge in [0.25, 0.3) is 0 Å². The molecule has 5 heteroatoms. The van der Waals surface area contributed by atoms with Crippen molar-refractivity contribution in [3.05, 3.63) is 35.4 Å². The second-order valence-corrected chi connectivity index (χ2v) is 2.42. The Morgan fingerprint density at radius 1 is 1.38 bits per heavy atom. The Bertz CT molecular complexity index is 283. The van der Waals surface area contributed by atoms with Crippen molar-refractivity contribution in [2.75, 3.05) is 0 Å². The second-order valence-electron chi connectivity index (χ2n) is 2.42. The standard InChI is InChI=1S/C8H8BO4/c10-8(11)7-3-1-6(2-4-7)5-13-9-12/h1-4,12H,5H2,(H,10,11). The fraction of sp³-hybridized carbons (Fsp3) is 0.125. The molecule has 1 rings (SSSR count). The number of hydrogen-bond donors (Lipinski definition) is 2. The number of benzene rings is 1. The van der Waals surface area contributed by atoms with Crippen molar-refractivity contribution in [3.8, 4) is 0 Å². The maximum atomic E-state index is 10.4. The van der Waals surface area contributed by atoms with Crippen molar-refractivity contribution in [2.45, 2.75) is 6.61 Å². The lowest BCUT2D eigenvalue weighted by Gasteiger charge is -2.00. The van der Waals surface area contributed by atoms with E-state index in [0.717, 1.165) is 5.56 Å². The lowest BCUT2D eigenvalue weighted by atomic mass is 10.1. The summed E-state index contributed by atoms with van der Waals surface area (Å²) in [6.07, 6.45) is 0. The maximum absolute atomic E-state index is 10.4. The summed E-state index contributed by atoms with van der Waals surface area (Å²) in [5, 5.41) is 16.8. The summed E-state index contributed by atoms with van der Waals surface area (Å²) in [7, 11) is 0.602. The molecule has 1 aromatic rings. The van der Waals surface area contributed by atoms with Crippen LogP contribution in [0.25, 0.3) is 0 Å². The van der Waals surface area contributed by atoms with E-state index in [2.05, 4.69) is 4.65 Å². The van der Waals surface area contributed by atoms with Crippen molar-refractivity contribution in [3.63, 3.8) is 0 Å². The van der Waals surface area contributed by atoms with Crippen LogP contribution < -0.4 is 0 Å². The highest BCUT2D eigenvalue weighted by Gasteiger charge is 2.01. The van der Waals surface area contributed by atoms with Crippen LogP contribution in [0.4, 0.5) is 0 Å². The normalized spacial score (nSPS) is 9.62. The third-order valence-corrected chi connectivity index (χ3v) is 1.53. The van der Waals surface area contributed by atoms with Gasteiger partial charge in [0.2, 0.25) is 0 Å². The highest BCUT2D eigenvalue weighted by Crippen LogP contribution is 2.05. The molecular weight excluding hydrogens is 171 g/mol. The first-order valence-electron chi connectivity index (χ1n) is 3.64. The largest absolute Gasteiger partial charge is 0.485 e. The van der Waals surface area contributed by atoms with E-state index < -0.39 is 5.97 Å². The van der Waals surface area contributed by atoms with Crippen LogP contribution in [0.15, 0.2) is 24.3 Å². The zero-order valence-corrected chi connectivity index (χ0v) is 6.80. The zero-order valence-electron chi connectivity index (χ0n) is 6.80. The third-order valence-electron chi connectivity index (χ3n) is 1.53. The first-order valence-corrected chi connectivity index (χ1v) is 3.64. The van der Waals surface area contributed by atoms with E-state index in [1.54, 1.807) is 12.1 Å². The molecule has 0 amide bonds. The molecule has 1 aromatic carbocycles. The van der Waals surface area contributed by atoms with Crippen LogP contribution in [0, 0.1) is 0 Å². The fourth-order valence-electron chi connectivity index (χ4n) is 0.877. The third kappa shape index (κ3) is 2.89. The van der Waals surface area contributed by atoms with Crippen molar-refractivity contribution in [1.29, 1.82) is 0 Å². The number of rotatable bonds is 4. The van der Waals surface area contributed by atoms with E-state index in [1.165, 1.54) is 12.1 Å². The smallest absolute Gasteiger partial charge is 0.478 e. The average molecular weight is 179 g/mol. The average Bonchev–Trinajstić information content (AvgIpc) is 2.15. The quantitative estimate of drug-likeness (QED) is 0.657. The highest BCUT2D eigenvalue weighted by molar-refractivity contribution is 6.15. The van der Waals surface area contributed by atoms with Crippen LogP contribution in [0.3, 0.4) is 0 Å². The van der Waals surface area contributed by atoms with Gasteiger partial charge in [-0.3, -0.25) is 0 Å². The minimum Gasteiger partial charge on any atom is -0.478 e. The Morgan fingerprint density at radius 2 is 2.00 bits per heavy atom. The predicted octanol–water partition coefficient (Wildman–Crippen LogP) is 0.428. The molecule has 0 aromatic heterocycles. The van der Waals surface area contributed by atoms with Crippen LogP contribution in [-0.4, -0.2) is 23.8 Å². The molecule has 0 heterocycles. The van der Waals surface area contributed by atoms with Gasteiger partial charge < -0.3 is 14.8 Å². The van der Waals surface area contributed by atoms with Gasteiger partial charge >= 0.3 is 13.7 Å². The molecule has 0 unspecified atom stereocenters. The van der Waals surface area contributed by atoms with E-state index in [9.17, 15) is 4.79 Å². The first kappa shape index (κ1) is 9.76. The molecule has 2 N–H and O–H groups in total. The Labute approximate surface area is 76.1 Å². The van der Waals surface area contributed by atoms with Gasteiger partial charge in [0.15, 0.2) is 0 Å². The summed E-state index contributed by atoms with van der Waals surface area (Å²) in [5.74, 6) is -0.957. The Kier molecular flexibility index (Phi) is 3.48. The van der Waals surface area contributed by atoms with Crippen LogP contribution in [-0.2, 0) is 11.3 Å². The topological polar surface area (TPSA) is 66.8 Å². The van der Waals surface area contributed by atoms with Gasteiger partial charge in [-0.15, -0.1) is 0 Å². The van der Waals surface area contributed by atoms with Gasteiger partial charge in [0.1, 0.15) is 0 Å². The molecule has 1 radical (unpaired) electrons. The maximum Gasteiger partial charge on any atom is 0.485 e. The van der Waals surface area contributed by atoms with Crippen molar-refractivity contribution >= 4 is 13.7 Å². The summed E-state index contributed by atoms with van der Waals surface area (Å²) in [6.45, 7) is 0.233. The molecule has 4 nitrogen and oxygen atoms in total. The Balaban J connectivity index is 2.64. The summed E-state index contributed by atoms with van der Waals surface area (Å²) in [5.41, 5.74) is 1.03. The van der Waals surface area contributed by atoms with Crippen molar-refractivity contribution < 1.29 is 19.6 Å². The number of carbonyl (C=O) groups is 1. The van der Waals surface area contributed by atoms with Crippen LogP contribution in [0.5, 0.6) is 0 Å². The van der Waals surface area contributed by atoms with E-state index >= 15 is 0 Å². The van der Waals surface area contributed by atoms with Crippen LogP contribution >= 0.6 is 0 Å². The highest BCUT2D eigenvalue weighted by atomic mass is 16.5. The minimum atomic E-state index is -0.957. The molecule has 0 saturated carbocycles. The van der Waals surface area contributed by atoms with E-state index in [-0.39, 0.29) is 12.2 Å². The molecule has 0 fully saturated rings. The van der Waals surface area contributed by atoms with Gasteiger partial charge in [-0.2, -0.15) is 0 Å². The van der Waals surface area contributed by atoms with Crippen molar-refractivity contribution in [1.82, 2.24) is 0 Å². The van der Waals surface area contributed by atoms with Gasteiger partial charge in [-0.05, 0) is 17.7 Å². The van der Waals surface area contributed by atoms with Crippen LogP contribution in [0.2, 0.25) is 0 Å². The Morgan fingerprint density at radius 3 is 2.46 bits per heavy atom. The summed E-state index contributed by atoms with van der Waals surface area (Å²) in [6, 6.07) is 6.23. The lowest BCUT2D eigenvalue weighted by molar-refractivity contribution is 0.0697. The van der Waals surface area contributed by atoms with Gasteiger partial charge in [0.05, 0.1) is 12.2 Å². The summed E-state index contributed by atoms with van der Waals surface area (Å²) >= 11 is 0. The molecule has 13 heavy (non-hydrogen) atoms. The predicted molar refractivity (Wildman–Crippen MR) is 46.2 cm³/mol. The molecule has 0 bridgehead atoms. The van der Waals surface area contributed by atoms with E-state index in [1.807, 2.05) is 0 Å². The van der Waals surface area contributed by atoms with E-state index in [0.29, 0.717) is 7.69 Å². The minimum absolute atomic E-state index is 0.233. The zero-order chi connectivity index (χ0) is 9.68. The fourth-order valence-corrected chi connectivity index (χ4v) is 0.877. The van der Waals surface area contributed by atoms with Crippen LogP contribution in [0.1, 0.15) is 15.9 Å². The SMILES string of the molecule is O=C(O)c1ccc(CO[B]O)cc1. The van der Waals surface area contributed by atoms with Gasteiger partial charge in [-0.25, -0.2) is 4.79 Å². The summed E-state index contributed by atoms with van der Waals surface area (Å²) in [4.78, 5) is 10.4. The Hall–Kier alpha value is -1.33. The summed E-state index contributed by atoms with van der Waals surface area (Å²) < 4.78 is 4.60. The first-order chi connectivity index (χ1) is 6.24. The molecule has 67 valence electrons. The monoisotopic (exact) mass is 179 g/mol. The van der Waals surface area contributed by atoms with Gasteiger partial charge in [0, 0.05) is 0 Å². The number of hydrogen-bond acceptors (Lipinski definition) is 3. The molecule has 0 aliphatic rings. The number of aromatic carboxylic acids is 1. The molecule has 0 saturated heterocycles. The molecule has 0 aliphatic carbocycles. The molecule has 0 atom stereocenters. The second kappa shape index (κ2) is 4.64. The molecule has 0 aliphatic heterocycles. The number of carboxylic acids is 1. The molecule has 0 spiro atoms. The van der Waals surface area contributed by atoms with Gasteiger partial charge in [-0.1, -0.05) is 12.1 Å². The number of carboxylic acid groups (broad SMARTS) is 1. The lowest BCUT2D eigenvalue weighted by Crippen LogP contribution is -1.99. The van der Waals surface area contributed by atoms with Crippen molar-refractivity contribution in [2.24, 2.45) is 0 Å².